The van der Waals surface area contributed by atoms with Crippen molar-refractivity contribution in [1.29, 1.82) is 0 Å². The Morgan fingerprint density at radius 2 is 1.62 bits per heavy atom. The summed E-state index contributed by atoms with van der Waals surface area (Å²) in [4.78, 5) is 25.8. The van der Waals surface area contributed by atoms with Crippen molar-refractivity contribution in [2.45, 2.75) is 32.7 Å². The number of anilines is 2. The first-order chi connectivity index (χ1) is 16.3. The molecule has 5 nitrogen and oxygen atoms in total. The van der Waals surface area contributed by atoms with Crippen LogP contribution >= 0.6 is 11.6 Å². The Morgan fingerprint density at radius 3 is 2.32 bits per heavy atom. The van der Waals surface area contributed by atoms with Crippen LogP contribution in [0.4, 0.5) is 11.4 Å². The van der Waals surface area contributed by atoms with E-state index in [0.717, 1.165) is 34.6 Å². The van der Waals surface area contributed by atoms with E-state index < -0.39 is 5.97 Å². The Morgan fingerprint density at radius 1 is 0.941 bits per heavy atom. The largest absolute Gasteiger partial charge is 0.423 e. The SMILES string of the molecule is CC1(C)CC(=O)C2=C(C1)Nc1ccccc1N[C@@H]2c1ccc(OC(=O)c2ccc(Cl)cc2)cc1. The number of hydrogen-bond acceptors (Lipinski definition) is 5. The Balaban J connectivity index is 1.46. The van der Waals surface area contributed by atoms with Crippen LogP contribution in [-0.2, 0) is 4.79 Å². The van der Waals surface area contributed by atoms with E-state index in [1.807, 2.05) is 36.4 Å². The monoisotopic (exact) mass is 472 g/mol. The molecule has 3 aromatic rings. The van der Waals surface area contributed by atoms with Gasteiger partial charge < -0.3 is 15.4 Å². The van der Waals surface area contributed by atoms with Gasteiger partial charge in [-0.3, -0.25) is 4.79 Å². The molecule has 1 heterocycles. The first-order valence-corrected chi connectivity index (χ1v) is 11.6. The van der Waals surface area contributed by atoms with Gasteiger partial charge in [0.05, 0.1) is 23.0 Å². The molecule has 0 radical (unpaired) electrons. The Bertz CT molecular complexity index is 1290. The molecule has 0 unspecified atom stereocenters. The van der Waals surface area contributed by atoms with Gasteiger partial charge in [-0.25, -0.2) is 4.79 Å². The summed E-state index contributed by atoms with van der Waals surface area (Å²) in [5.74, 6) is 0.119. The molecule has 0 amide bonds. The van der Waals surface area contributed by atoms with Crippen LogP contribution in [0.2, 0.25) is 5.02 Å². The van der Waals surface area contributed by atoms with Crippen molar-refractivity contribution in [1.82, 2.24) is 0 Å². The van der Waals surface area contributed by atoms with E-state index in [1.165, 1.54) is 0 Å². The third-order valence-corrected chi connectivity index (χ3v) is 6.48. The van der Waals surface area contributed by atoms with Crippen molar-refractivity contribution in [2.75, 3.05) is 10.6 Å². The molecule has 0 saturated heterocycles. The van der Waals surface area contributed by atoms with Crippen molar-refractivity contribution >= 4 is 34.7 Å². The van der Waals surface area contributed by atoms with E-state index in [9.17, 15) is 9.59 Å². The first kappa shape index (κ1) is 22.2. The molecular formula is C28H25ClN2O3. The van der Waals surface area contributed by atoms with Crippen LogP contribution in [0.1, 0.15) is 48.7 Å². The first-order valence-electron chi connectivity index (χ1n) is 11.3. The van der Waals surface area contributed by atoms with Crippen molar-refractivity contribution in [3.8, 4) is 5.75 Å². The van der Waals surface area contributed by atoms with Crippen LogP contribution in [0.3, 0.4) is 0 Å². The van der Waals surface area contributed by atoms with Gasteiger partial charge in [0.25, 0.3) is 0 Å². The zero-order valence-electron chi connectivity index (χ0n) is 19.0. The zero-order chi connectivity index (χ0) is 23.9. The minimum absolute atomic E-state index is 0.105. The van der Waals surface area contributed by atoms with Crippen LogP contribution in [0, 0.1) is 5.41 Å². The lowest BCUT2D eigenvalue weighted by Gasteiger charge is -2.34. The molecule has 3 aromatic carbocycles. The lowest BCUT2D eigenvalue weighted by molar-refractivity contribution is -0.118. The standard InChI is InChI=1S/C28H25ClN2O3/c1-28(2)15-23-25(24(32)16-28)26(31-22-6-4-3-5-21(22)30-23)17-9-13-20(14-10-17)34-27(33)18-7-11-19(29)12-8-18/h3-14,26,30-31H,15-16H2,1-2H3/t26-/m1/s1. The molecule has 172 valence electrons. The summed E-state index contributed by atoms with van der Waals surface area (Å²) in [5, 5.41) is 7.64. The Kier molecular flexibility index (Phi) is 5.66. The normalized spacial score (nSPS) is 18.7. The number of ether oxygens (including phenoxy) is 1. The van der Waals surface area contributed by atoms with Gasteiger partial charge in [-0.05, 0) is 65.9 Å². The number of ketones is 1. The zero-order valence-corrected chi connectivity index (χ0v) is 19.8. The number of fused-ring (bicyclic) bond motifs is 1. The number of para-hydroxylation sites is 2. The minimum Gasteiger partial charge on any atom is -0.423 e. The maximum atomic E-state index is 13.3. The number of benzene rings is 3. The number of Topliss-reactive ketones (excluding diaryl/α,β-unsaturated/α-hetero) is 1. The van der Waals surface area contributed by atoms with Gasteiger partial charge >= 0.3 is 5.97 Å². The second kappa shape index (κ2) is 8.65. The number of allylic oxidation sites excluding steroid dienone is 1. The molecule has 0 spiro atoms. The van der Waals surface area contributed by atoms with Gasteiger partial charge in [-0.2, -0.15) is 0 Å². The van der Waals surface area contributed by atoms with E-state index in [2.05, 4.69) is 24.5 Å². The molecule has 1 atom stereocenters. The third-order valence-electron chi connectivity index (χ3n) is 6.23. The number of nitrogens with one attached hydrogen (secondary N) is 2. The van der Waals surface area contributed by atoms with E-state index in [4.69, 9.17) is 16.3 Å². The van der Waals surface area contributed by atoms with Crippen LogP contribution in [-0.4, -0.2) is 11.8 Å². The molecule has 2 aliphatic rings. The molecule has 6 heteroatoms. The highest BCUT2D eigenvalue weighted by Crippen LogP contribution is 2.45. The summed E-state index contributed by atoms with van der Waals surface area (Å²) >= 11 is 5.90. The lowest BCUT2D eigenvalue weighted by atomic mass is 9.73. The highest BCUT2D eigenvalue weighted by Gasteiger charge is 2.38. The predicted molar refractivity (Wildman–Crippen MR) is 134 cm³/mol. The van der Waals surface area contributed by atoms with Gasteiger partial charge in [0.1, 0.15) is 5.75 Å². The number of carbonyl (C=O) groups excluding carboxylic acids is 2. The average Bonchev–Trinajstić information content (AvgIpc) is 2.95. The van der Waals surface area contributed by atoms with Crippen molar-refractivity contribution < 1.29 is 14.3 Å². The summed E-state index contributed by atoms with van der Waals surface area (Å²) in [6, 6.07) is 21.5. The van der Waals surface area contributed by atoms with E-state index in [0.29, 0.717) is 22.8 Å². The van der Waals surface area contributed by atoms with Crippen LogP contribution < -0.4 is 15.4 Å². The van der Waals surface area contributed by atoms with Crippen molar-refractivity contribution in [3.05, 3.63) is 100 Å². The Labute approximate surface area is 203 Å². The topological polar surface area (TPSA) is 67.4 Å². The fraction of sp³-hybridized carbons (Fsp3) is 0.214. The molecule has 0 fully saturated rings. The quantitative estimate of drug-likeness (QED) is 0.325. The van der Waals surface area contributed by atoms with E-state index in [1.54, 1.807) is 36.4 Å². The van der Waals surface area contributed by atoms with E-state index >= 15 is 0 Å². The van der Waals surface area contributed by atoms with Gasteiger partial charge in [-0.1, -0.05) is 49.7 Å². The summed E-state index contributed by atoms with van der Waals surface area (Å²) in [7, 11) is 0. The molecule has 1 aliphatic heterocycles. The molecule has 1 aliphatic carbocycles. The second-order valence-corrected chi connectivity index (χ2v) is 9.98. The lowest BCUT2D eigenvalue weighted by Crippen LogP contribution is -2.31. The average molecular weight is 473 g/mol. The van der Waals surface area contributed by atoms with E-state index in [-0.39, 0.29) is 17.2 Å². The number of hydrogen-bond donors (Lipinski definition) is 2. The van der Waals surface area contributed by atoms with Crippen molar-refractivity contribution in [2.24, 2.45) is 5.41 Å². The molecule has 0 bridgehead atoms. The highest BCUT2D eigenvalue weighted by molar-refractivity contribution is 6.30. The number of esters is 1. The fourth-order valence-corrected chi connectivity index (χ4v) is 4.75. The molecule has 2 N–H and O–H groups in total. The van der Waals surface area contributed by atoms with Gasteiger partial charge in [0.15, 0.2) is 5.78 Å². The third kappa shape index (κ3) is 4.44. The molecule has 0 aromatic heterocycles. The molecule has 0 saturated carbocycles. The minimum atomic E-state index is -0.454. The predicted octanol–water partition coefficient (Wildman–Crippen LogP) is 6.78. The molecule has 5 rings (SSSR count). The van der Waals surface area contributed by atoms with Gasteiger partial charge in [-0.15, -0.1) is 0 Å². The summed E-state index contributed by atoms with van der Waals surface area (Å²) in [6.45, 7) is 4.25. The highest BCUT2D eigenvalue weighted by atomic mass is 35.5. The van der Waals surface area contributed by atoms with Gasteiger partial charge in [0.2, 0.25) is 0 Å². The van der Waals surface area contributed by atoms with Gasteiger partial charge in [0, 0.05) is 22.7 Å². The number of halogens is 1. The van der Waals surface area contributed by atoms with Crippen LogP contribution in [0.15, 0.2) is 84.1 Å². The molecular weight excluding hydrogens is 448 g/mol. The smallest absolute Gasteiger partial charge is 0.343 e. The number of rotatable bonds is 3. The van der Waals surface area contributed by atoms with Crippen molar-refractivity contribution in [3.63, 3.8) is 0 Å². The fourth-order valence-electron chi connectivity index (χ4n) is 4.62. The molecule has 34 heavy (non-hydrogen) atoms. The van der Waals surface area contributed by atoms with Crippen LogP contribution in [0.5, 0.6) is 5.75 Å². The maximum Gasteiger partial charge on any atom is 0.343 e. The summed E-state index contributed by atoms with van der Waals surface area (Å²) < 4.78 is 5.52. The number of carbonyl (C=O) groups is 2. The maximum absolute atomic E-state index is 13.3. The van der Waals surface area contributed by atoms with Crippen LogP contribution in [0.25, 0.3) is 0 Å². The summed E-state index contributed by atoms with van der Waals surface area (Å²) in [6.07, 6.45) is 1.29. The Hall–Kier alpha value is -3.57. The second-order valence-electron chi connectivity index (χ2n) is 9.55. The summed E-state index contributed by atoms with van der Waals surface area (Å²) in [5.41, 5.74) is 4.86.